The van der Waals surface area contributed by atoms with E-state index in [1.807, 2.05) is 56.3 Å². The summed E-state index contributed by atoms with van der Waals surface area (Å²) in [7, 11) is 0. The van der Waals surface area contributed by atoms with E-state index in [0.29, 0.717) is 24.2 Å². The number of hydrogen-bond acceptors (Lipinski definition) is 4. The Morgan fingerprint density at radius 3 is 2.90 bits per heavy atom. The first-order chi connectivity index (χ1) is 14.1. The summed E-state index contributed by atoms with van der Waals surface area (Å²) in [4.78, 5) is 32.8. The summed E-state index contributed by atoms with van der Waals surface area (Å²) in [6, 6.07) is 13.4. The average Bonchev–Trinajstić information content (AvgIpc) is 3.08. The molecule has 7 nitrogen and oxygen atoms in total. The van der Waals surface area contributed by atoms with Crippen LogP contribution < -0.4 is 15.6 Å². The summed E-state index contributed by atoms with van der Waals surface area (Å²) in [5.74, 6) is 0.468. The third-order valence-electron chi connectivity index (χ3n) is 4.79. The van der Waals surface area contributed by atoms with Gasteiger partial charge in [0, 0.05) is 23.0 Å². The highest BCUT2D eigenvalue weighted by Crippen LogP contribution is 2.22. The van der Waals surface area contributed by atoms with Gasteiger partial charge < -0.3 is 15.0 Å². The summed E-state index contributed by atoms with van der Waals surface area (Å²) < 4.78 is 6.89. The van der Waals surface area contributed by atoms with Gasteiger partial charge in [-0.1, -0.05) is 29.8 Å². The maximum absolute atomic E-state index is 12.8. The van der Waals surface area contributed by atoms with Crippen LogP contribution in [-0.2, 0) is 17.9 Å². The maximum atomic E-state index is 12.8. The van der Waals surface area contributed by atoms with Crippen LogP contribution in [0.1, 0.15) is 18.1 Å². The van der Waals surface area contributed by atoms with Crippen molar-refractivity contribution in [1.82, 2.24) is 19.9 Å². The first-order valence-electron chi connectivity index (χ1n) is 9.51. The number of nitrogens with zero attached hydrogens (tertiary/aromatic N) is 2. The van der Waals surface area contributed by atoms with Gasteiger partial charge >= 0.3 is 0 Å². The van der Waals surface area contributed by atoms with Crippen molar-refractivity contribution >= 4 is 27.8 Å². The molecule has 148 valence electrons. The van der Waals surface area contributed by atoms with Crippen molar-refractivity contribution in [1.29, 1.82) is 0 Å². The number of amides is 1. The number of para-hydroxylation sites is 1. The SMILES string of the molecule is CCOc1ccccc1CNC(=O)Cn1cnc2c([nH]c3ccc(C)cc32)c1=O. The van der Waals surface area contributed by atoms with Crippen LogP contribution in [0.3, 0.4) is 0 Å². The number of nitrogens with one attached hydrogen (secondary N) is 2. The second-order valence-corrected chi connectivity index (χ2v) is 6.89. The molecule has 0 radical (unpaired) electrons. The number of H-pyrrole nitrogens is 1. The zero-order valence-electron chi connectivity index (χ0n) is 16.4. The number of hydrogen-bond donors (Lipinski definition) is 2. The Morgan fingerprint density at radius 1 is 1.24 bits per heavy atom. The molecule has 2 heterocycles. The van der Waals surface area contributed by atoms with Gasteiger partial charge in [-0.25, -0.2) is 4.98 Å². The lowest BCUT2D eigenvalue weighted by molar-refractivity contribution is -0.121. The van der Waals surface area contributed by atoms with Crippen molar-refractivity contribution in [2.45, 2.75) is 26.9 Å². The van der Waals surface area contributed by atoms with E-state index in [4.69, 9.17) is 4.74 Å². The standard InChI is InChI=1S/C22H22N4O3/c1-3-29-18-7-5-4-6-15(18)11-23-19(27)12-26-13-24-20-16-10-14(2)8-9-17(16)25-21(20)22(26)28/h4-10,13,25H,3,11-12H2,1-2H3,(H,23,27). The number of rotatable bonds is 6. The third kappa shape index (κ3) is 3.71. The number of carbonyl (C=O) groups is 1. The Bertz CT molecular complexity index is 1260. The number of aromatic amines is 1. The minimum atomic E-state index is -0.272. The van der Waals surface area contributed by atoms with Crippen LogP contribution in [0.25, 0.3) is 21.9 Å². The van der Waals surface area contributed by atoms with Crippen LogP contribution in [0.5, 0.6) is 5.75 Å². The highest BCUT2D eigenvalue weighted by Gasteiger charge is 2.13. The number of benzene rings is 2. The smallest absolute Gasteiger partial charge is 0.278 e. The Hall–Kier alpha value is -3.61. The van der Waals surface area contributed by atoms with Crippen LogP contribution in [0.15, 0.2) is 53.6 Å². The predicted octanol–water partition coefficient (Wildman–Crippen LogP) is 2.90. The molecule has 7 heteroatoms. The van der Waals surface area contributed by atoms with Crippen LogP contribution >= 0.6 is 0 Å². The van der Waals surface area contributed by atoms with E-state index in [-0.39, 0.29) is 18.0 Å². The Morgan fingerprint density at radius 2 is 2.07 bits per heavy atom. The van der Waals surface area contributed by atoms with Crippen molar-refractivity contribution in [3.63, 3.8) is 0 Å². The molecule has 0 atom stereocenters. The normalized spacial score (nSPS) is 11.1. The molecule has 4 aromatic rings. The predicted molar refractivity (Wildman–Crippen MR) is 112 cm³/mol. The lowest BCUT2D eigenvalue weighted by Gasteiger charge is -2.11. The third-order valence-corrected chi connectivity index (χ3v) is 4.79. The number of aromatic nitrogens is 3. The molecule has 0 bridgehead atoms. The fraction of sp³-hybridized carbons (Fsp3) is 0.227. The van der Waals surface area contributed by atoms with Crippen molar-refractivity contribution in [2.75, 3.05) is 6.61 Å². The van der Waals surface area contributed by atoms with E-state index in [0.717, 1.165) is 27.8 Å². The molecule has 2 aromatic heterocycles. The molecule has 0 aliphatic rings. The first-order valence-corrected chi connectivity index (χ1v) is 9.51. The quantitative estimate of drug-likeness (QED) is 0.530. The largest absolute Gasteiger partial charge is 0.494 e. The number of carbonyl (C=O) groups excluding carboxylic acids is 1. The molecule has 2 aromatic carbocycles. The maximum Gasteiger partial charge on any atom is 0.278 e. The van der Waals surface area contributed by atoms with Crippen LogP contribution in [-0.4, -0.2) is 27.0 Å². The molecule has 1 amide bonds. The Kier molecular flexibility index (Phi) is 5.03. The van der Waals surface area contributed by atoms with Crippen molar-refractivity contribution < 1.29 is 9.53 Å². The average molecular weight is 390 g/mol. The van der Waals surface area contributed by atoms with Gasteiger partial charge in [-0.05, 0) is 32.0 Å². The molecule has 0 saturated carbocycles. The summed E-state index contributed by atoms with van der Waals surface area (Å²) in [6.45, 7) is 4.68. The van der Waals surface area contributed by atoms with Crippen LogP contribution in [0.4, 0.5) is 0 Å². The van der Waals surface area contributed by atoms with E-state index in [9.17, 15) is 9.59 Å². The van der Waals surface area contributed by atoms with Crippen molar-refractivity contribution in [3.05, 3.63) is 70.3 Å². The molecule has 4 rings (SSSR count). The Balaban J connectivity index is 1.53. The van der Waals surface area contributed by atoms with Crippen LogP contribution in [0, 0.1) is 6.92 Å². The molecule has 0 aliphatic carbocycles. The zero-order chi connectivity index (χ0) is 20.4. The van der Waals surface area contributed by atoms with Gasteiger partial charge in [0.1, 0.15) is 23.3 Å². The summed E-state index contributed by atoms with van der Waals surface area (Å²) >= 11 is 0. The summed E-state index contributed by atoms with van der Waals surface area (Å²) in [5, 5.41) is 3.74. The molecule has 0 spiro atoms. The summed E-state index contributed by atoms with van der Waals surface area (Å²) in [5.41, 5.74) is 3.59. The summed E-state index contributed by atoms with van der Waals surface area (Å²) in [6.07, 6.45) is 1.42. The minimum absolute atomic E-state index is 0.104. The molecule has 29 heavy (non-hydrogen) atoms. The minimum Gasteiger partial charge on any atom is -0.494 e. The molecule has 0 aliphatic heterocycles. The second-order valence-electron chi connectivity index (χ2n) is 6.89. The van der Waals surface area contributed by atoms with E-state index < -0.39 is 0 Å². The molecular formula is C22H22N4O3. The van der Waals surface area contributed by atoms with Gasteiger partial charge in [0.2, 0.25) is 5.91 Å². The second kappa shape index (κ2) is 7.79. The van der Waals surface area contributed by atoms with Crippen LogP contribution in [0.2, 0.25) is 0 Å². The molecule has 2 N–H and O–H groups in total. The van der Waals surface area contributed by atoms with E-state index in [1.54, 1.807) is 0 Å². The molecular weight excluding hydrogens is 368 g/mol. The van der Waals surface area contributed by atoms with E-state index in [1.165, 1.54) is 10.9 Å². The number of ether oxygens (including phenoxy) is 1. The lowest BCUT2D eigenvalue weighted by Crippen LogP contribution is -2.32. The monoisotopic (exact) mass is 390 g/mol. The van der Waals surface area contributed by atoms with Gasteiger partial charge in [0.05, 0.1) is 12.9 Å². The fourth-order valence-electron chi connectivity index (χ4n) is 3.37. The van der Waals surface area contributed by atoms with Gasteiger partial charge in [-0.3, -0.25) is 14.2 Å². The first kappa shape index (κ1) is 18.7. The van der Waals surface area contributed by atoms with E-state index in [2.05, 4.69) is 15.3 Å². The molecule has 0 saturated heterocycles. The highest BCUT2D eigenvalue weighted by atomic mass is 16.5. The van der Waals surface area contributed by atoms with Crippen molar-refractivity contribution in [2.24, 2.45) is 0 Å². The van der Waals surface area contributed by atoms with Gasteiger partial charge in [0.25, 0.3) is 5.56 Å². The van der Waals surface area contributed by atoms with Gasteiger partial charge in [0.15, 0.2) is 0 Å². The van der Waals surface area contributed by atoms with Gasteiger partial charge in [-0.2, -0.15) is 0 Å². The number of aryl methyl sites for hydroxylation is 1. The van der Waals surface area contributed by atoms with Crippen molar-refractivity contribution in [3.8, 4) is 5.75 Å². The highest BCUT2D eigenvalue weighted by molar-refractivity contribution is 6.04. The topological polar surface area (TPSA) is 89.0 Å². The number of fused-ring (bicyclic) bond motifs is 3. The fourth-order valence-corrected chi connectivity index (χ4v) is 3.37. The van der Waals surface area contributed by atoms with E-state index >= 15 is 0 Å². The molecule has 0 unspecified atom stereocenters. The lowest BCUT2D eigenvalue weighted by atomic mass is 10.2. The zero-order valence-corrected chi connectivity index (χ0v) is 16.4. The molecule has 0 fully saturated rings. The Labute approximate surface area is 167 Å². The van der Waals surface area contributed by atoms with Gasteiger partial charge in [-0.15, -0.1) is 0 Å².